The van der Waals surface area contributed by atoms with Gasteiger partial charge in [-0.05, 0) is 56.7 Å². The van der Waals surface area contributed by atoms with Gasteiger partial charge in [0, 0.05) is 31.5 Å². The lowest BCUT2D eigenvalue weighted by Crippen LogP contribution is -2.44. The number of likely N-dealkylation sites (tertiary alicyclic amines) is 1. The number of aromatic hydroxyl groups is 1. The van der Waals surface area contributed by atoms with Gasteiger partial charge < -0.3 is 15.3 Å². The minimum absolute atomic E-state index is 0.0171. The van der Waals surface area contributed by atoms with Crippen LogP contribution < -0.4 is 5.32 Å². The fourth-order valence-corrected chi connectivity index (χ4v) is 3.42. The lowest BCUT2D eigenvalue weighted by atomic mass is 9.95. The van der Waals surface area contributed by atoms with Crippen LogP contribution in [0.1, 0.15) is 48.5 Å². The highest BCUT2D eigenvalue weighted by Crippen LogP contribution is 2.24. The van der Waals surface area contributed by atoms with Gasteiger partial charge in [-0.2, -0.15) is 0 Å². The van der Waals surface area contributed by atoms with E-state index in [0.717, 1.165) is 45.2 Å². The summed E-state index contributed by atoms with van der Waals surface area (Å²) in [4.78, 5) is 23.3. The third kappa shape index (κ3) is 4.50. The Morgan fingerprint density at radius 3 is 2.65 bits per heavy atom. The Balaban J connectivity index is 1.65. The van der Waals surface area contributed by atoms with Gasteiger partial charge in [0.15, 0.2) is 0 Å². The molecule has 1 atom stereocenters. The van der Waals surface area contributed by atoms with Crippen LogP contribution in [0.15, 0.2) is 36.7 Å². The summed E-state index contributed by atoms with van der Waals surface area (Å²) in [5.41, 5.74) is 1.72. The van der Waals surface area contributed by atoms with Gasteiger partial charge in [-0.1, -0.05) is 12.1 Å². The Morgan fingerprint density at radius 1 is 1.23 bits per heavy atom. The first-order valence-corrected chi connectivity index (χ1v) is 9.32. The van der Waals surface area contributed by atoms with E-state index in [0.29, 0.717) is 11.5 Å². The normalized spacial score (nSPS) is 17.1. The maximum atomic E-state index is 12.9. The number of hydrogen-bond acceptors (Lipinski definition) is 5. The number of piperidine rings is 1. The maximum absolute atomic E-state index is 12.9. The molecule has 2 heterocycles. The van der Waals surface area contributed by atoms with Crippen molar-refractivity contribution in [3.8, 4) is 5.75 Å². The number of nitrogens with zero attached hydrogens (tertiary/aromatic N) is 3. The van der Waals surface area contributed by atoms with Crippen LogP contribution in [0.25, 0.3) is 0 Å². The van der Waals surface area contributed by atoms with Crippen LogP contribution in [-0.4, -0.2) is 45.0 Å². The van der Waals surface area contributed by atoms with Gasteiger partial charge >= 0.3 is 0 Å². The molecule has 1 aliphatic rings. The summed E-state index contributed by atoms with van der Waals surface area (Å²) in [6, 6.07) is 7.54. The van der Waals surface area contributed by atoms with Crippen LogP contribution in [0.3, 0.4) is 0 Å². The van der Waals surface area contributed by atoms with E-state index in [-0.39, 0.29) is 17.7 Å². The standard InChI is InChI=1S/C20H26N4O2/c1-2-21-20-22-13-16(14-23-20)19(26)24-12-4-3-5-17(24)9-6-15-7-10-18(25)11-8-15/h7-8,10-11,13-14,17,25H,2-6,9,12H2,1H3,(H,21,22,23)/t17-/m0/s1. The topological polar surface area (TPSA) is 78.4 Å². The minimum Gasteiger partial charge on any atom is -0.508 e. The van der Waals surface area contributed by atoms with Crippen LogP contribution in [0.2, 0.25) is 0 Å². The molecule has 1 amide bonds. The third-order valence-electron chi connectivity index (χ3n) is 4.82. The number of rotatable bonds is 6. The molecule has 0 unspecified atom stereocenters. The number of phenols is 1. The first kappa shape index (κ1) is 18.2. The minimum atomic E-state index is 0.0171. The molecule has 0 radical (unpaired) electrons. The largest absolute Gasteiger partial charge is 0.508 e. The SMILES string of the molecule is CCNc1ncc(C(=O)N2CCCC[C@H]2CCc2ccc(O)cc2)cn1. The zero-order valence-electron chi connectivity index (χ0n) is 15.2. The van der Waals surface area contributed by atoms with Crippen molar-refractivity contribution >= 4 is 11.9 Å². The van der Waals surface area contributed by atoms with Crippen LogP contribution in [0, 0.1) is 0 Å². The summed E-state index contributed by atoms with van der Waals surface area (Å²) in [5, 5.41) is 12.4. The number of benzene rings is 1. The summed E-state index contributed by atoms with van der Waals surface area (Å²) in [6.07, 6.45) is 8.26. The average Bonchev–Trinajstić information content (AvgIpc) is 2.68. The summed E-state index contributed by atoms with van der Waals surface area (Å²) in [7, 11) is 0. The second-order valence-corrected chi connectivity index (χ2v) is 6.68. The average molecular weight is 354 g/mol. The van der Waals surface area contributed by atoms with E-state index < -0.39 is 0 Å². The third-order valence-corrected chi connectivity index (χ3v) is 4.82. The van der Waals surface area contributed by atoms with Crippen LogP contribution in [0.4, 0.5) is 5.95 Å². The fraction of sp³-hybridized carbons (Fsp3) is 0.450. The molecule has 2 N–H and O–H groups in total. The Kier molecular flexibility index (Phi) is 6.04. The fourth-order valence-electron chi connectivity index (χ4n) is 3.42. The molecule has 3 rings (SSSR count). The highest BCUT2D eigenvalue weighted by molar-refractivity contribution is 5.94. The van der Waals surface area contributed by atoms with E-state index in [4.69, 9.17) is 0 Å². The van der Waals surface area contributed by atoms with Crippen molar-refractivity contribution in [2.75, 3.05) is 18.4 Å². The summed E-state index contributed by atoms with van der Waals surface area (Å²) < 4.78 is 0. The molecule has 1 fully saturated rings. The maximum Gasteiger partial charge on any atom is 0.257 e. The van der Waals surface area contributed by atoms with Crippen LogP contribution >= 0.6 is 0 Å². The van der Waals surface area contributed by atoms with E-state index in [1.54, 1.807) is 24.5 Å². The Labute approximate surface area is 154 Å². The smallest absolute Gasteiger partial charge is 0.257 e. The molecule has 0 bridgehead atoms. The van der Waals surface area contributed by atoms with Crippen molar-refractivity contribution in [1.29, 1.82) is 0 Å². The second kappa shape index (κ2) is 8.65. The molecule has 138 valence electrons. The van der Waals surface area contributed by atoms with E-state index in [1.165, 1.54) is 5.56 Å². The van der Waals surface area contributed by atoms with Crippen molar-refractivity contribution in [3.05, 3.63) is 47.8 Å². The second-order valence-electron chi connectivity index (χ2n) is 6.68. The van der Waals surface area contributed by atoms with Gasteiger partial charge in [0.25, 0.3) is 5.91 Å². The molecule has 6 nitrogen and oxygen atoms in total. The Bertz CT molecular complexity index is 716. The number of phenolic OH excluding ortho intramolecular Hbond substituents is 1. The van der Waals surface area contributed by atoms with Gasteiger partial charge in [-0.3, -0.25) is 4.79 Å². The van der Waals surface area contributed by atoms with E-state index >= 15 is 0 Å². The van der Waals surface area contributed by atoms with E-state index in [2.05, 4.69) is 15.3 Å². The quantitative estimate of drug-likeness (QED) is 0.833. The van der Waals surface area contributed by atoms with E-state index in [9.17, 15) is 9.90 Å². The molecule has 6 heteroatoms. The molecule has 2 aromatic rings. The van der Waals surface area contributed by atoms with Crippen molar-refractivity contribution in [2.45, 2.75) is 45.1 Å². The molecule has 0 saturated carbocycles. The first-order chi connectivity index (χ1) is 12.7. The number of carbonyl (C=O) groups is 1. The number of nitrogens with one attached hydrogen (secondary N) is 1. The predicted octanol–water partition coefficient (Wildman–Crippen LogP) is 3.24. The van der Waals surface area contributed by atoms with Crippen molar-refractivity contribution in [3.63, 3.8) is 0 Å². The molecule has 0 spiro atoms. The number of amides is 1. The number of aryl methyl sites for hydroxylation is 1. The summed E-state index contributed by atoms with van der Waals surface area (Å²) in [6.45, 7) is 3.52. The molecule has 1 aromatic carbocycles. The first-order valence-electron chi connectivity index (χ1n) is 9.32. The van der Waals surface area contributed by atoms with Crippen LogP contribution in [0.5, 0.6) is 5.75 Å². The zero-order valence-corrected chi connectivity index (χ0v) is 15.2. The lowest BCUT2D eigenvalue weighted by molar-refractivity contribution is 0.0601. The number of carbonyl (C=O) groups excluding carboxylic acids is 1. The number of anilines is 1. The highest BCUT2D eigenvalue weighted by atomic mass is 16.3. The molecule has 0 aliphatic carbocycles. The number of hydrogen-bond donors (Lipinski definition) is 2. The monoisotopic (exact) mass is 354 g/mol. The zero-order chi connectivity index (χ0) is 18.4. The van der Waals surface area contributed by atoms with Crippen molar-refractivity contribution < 1.29 is 9.90 Å². The Morgan fingerprint density at radius 2 is 1.96 bits per heavy atom. The molecular formula is C20H26N4O2. The van der Waals surface area contributed by atoms with Gasteiger partial charge in [0.2, 0.25) is 5.95 Å². The van der Waals surface area contributed by atoms with Gasteiger partial charge in [0.1, 0.15) is 5.75 Å². The highest BCUT2D eigenvalue weighted by Gasteiger charge is 2.27. The molecule has 1 saturated heterocycles. The van der Waals surface area contributed by atoms with Gasteiger partial charge in [-0.25, -0.2) is 9.97 Å². The van der Waals surface area contributed by atoms with Crippen LogP contribution in [-0.2, 0) is 6.42 Å². The summed E-state index contributed by atoms with van der Waals surface area (Å²) >= 11 is 0. The van der Waals surface area contributed by atoms with Crippen molar-refractivity contribution in [1.82, 2.24) is 14.9 Å². The van der Waals surface area contributed by atoms with Gasteiger partial charge in [-0.15, -0.1) is 0 Å². The summed E-state index contributed by atoms with van der Waals surface area (Å²) in [5.74, 6) is 0.847. The molecule has 1 aliphatic heterocycles. The molecule has 1 aromatic heterocycles. The lowest BCUT2D eigenvalue weighted by Gasteiger charge is -2.36. The molecule has 26 heavy (non-hydrogen) atoms. The van der Waals surface area contributed by atoms with Gasteiger partial charge in [0.05, 0.1) is 5.56 Å². The molecular weight excluding hydrogens is 328 g/mol. The number of aromatic nitrogens is 2. The van der Waals surface area contributed by atoms with E-state index in [1.807, 2.05) is 24.0 Å². The predicted molar refractivity (Wildman–Crippen MR) is 101 cm³/mol. The Hall–Kier alpha value is -2.63. The van der Waals surface area contributed by atoms with Crippen molar-refractivity contribution in [2.24, 2.45) is 0 Å².